The Morgan fingerprint density at radius 1 is 1.29 bits per heavy atom. The van der Waals surface area contributed by atoms with E-state index in [4.69, 9.17) is 9.47 Å². The van der Waals surface area contributed by atoms with Crippen molar-refractivity contribution < 1.29 is 9.47 Å². The molecule has 1 N–H and O–H groups in total. The number of hydrogen-bond donors (Lipinski definition) is 1. The monoisotopic (exact) mass is 237 g/mol. The third-order valence-electron chi connectivity index (χ3n) is 3.08. The number of hydrogen-bond acceptors (Lipinski definition) is 3. The summed E-state index contributed by atoms with van der Waals surface area (Å²) in [4.78, 5) is 0. The second-order valence-electron chi connectivity index (χ2n) is 4.20. The molecule has 0 aromatic heterocycles. The highest BCUT2D eigenvalue weighted by atomic mass is 16.5. The van der Waals surface area contributed by atoms with Crippen molar-refractivity contribution in [2.75, 3.05) is 20.8 Å². The fraction of sp³-hybridized carbons (Fsp3) is 0.571. The molecule has 0 heterocycles. The molecule has 2 unspecified atom stereocenters. The van der Waals surface area contributed by atoms with E-state index in [1.54, 1.807) is 14.2 Å². The molecule has 0 radical (unpaired) electrons. The van der Waals surface area contributed by atoms with Gasteiger partial charge in [0.25, 0.3) is 0 Å². The van der Waals surface area contributed by atoms with Gasteiger partial charge in [0.05, 0.1) is 19.3 Å². The summed E-state index contributed by atoms with van der Waals surface area (Å²) in [5.41, 5.74) is 2.49. The van der Waals surface area contributed by atoms with Gasteiger partial charge in [0.2, 0.25) is 0 Å². The molecule has 0 aliphatic heterocycles. The van der Waals surface area contributed by atoms with E-state index in [1.807, 2.05) is 6.07 Å². The zero-order chi connectivity index (χ0) is 12.8. The Morgan fingerprint density at radius 3 is 2.47 bits per heavy atom. The molecule has 0 spiro atoms. The maximum atomic E-state index is 5.44. The van der Waals surface area contributed by atoms with Gasteiger partial charge in [-0.25, -0.2) is 0 Å². The molecule has 0 bridgehead atoms. The lowest BCUT2D eigenvalue weighted by molar-refractivity contribution is 0.0833. The minimum atomic E-state index is 0.141. The van der Waals surface area contributed by atoms with Crippen LogP contribution in [0.4, 0.5) is 0 Å². The van der Waals surface area contributed by atoms with Gasteiger partial charge in [-0.3, -0.25) is 0 Å². The second kappa shape index (κ2) is 6.62. The Bertz CT molecular complexity index is 352. The van der Waals surface area contributed by atoms with Crippen LogP contribution in [0.15, 0.2) is 18.2 Å². The minimum absolute atomic E-state index is 0.141. The third kappa shape index (κ3) is 3.45. The lowest BCUT2D eigenvalue weighted by Crippen LogP contribution is -2.31. The quantitative estimate of drug-likeness (QED) is 0.825. The van der Waals surface area contributed by atoms with Crippen LogP contribution in [0.25, 0.3) is 0 Å². The van der Waals surface area contributed by atoms with Crippen molar-refractivity contribution in [1.29, 1.82) is 0 Å². The van der Waals surface area contributed by atoms with Crippen molar-refractivity contribution in [3.8, 4) is 5.75 Å². The van der Waals surface area contributed by atoms with Crippen LogP contribution in [0, 0.1) is 6.92 Å². The predicted molar refractivity (Wildman–Crippen MR) is 70.6 cm³/mol. The fourth-order valence-electron chi connectivity index (χ4n) is 2.01. The van der Waals surface area contributed by atoms with Crippen molar-refractivity contribution in [3.05, 3.63) is 29.3 Å². The number of aryl methyl sites for hydroxylation is 1. The van der Waals surface area contributed by atoms with Crippen LogP contribution in [0.2, 0.25) is 0 Å². The Kier molecular flexibility index (Phi) is 5.45. The third-order valence-corrected chi connectivity index (χ3v) is 3.08. The van der Waals surface area contributed by atoms with Gasteiger partial charge in [-0.05, 0) is 43.7 Å². The molecule has 2 atom stereocenters. The first-order chi connectivity index (χ1) is 8.13. The molecule has 1 aromatic carbocycles. The highest BCUT2D eigenvalue weighted by Gasteiger charge is 2.19. The first-order valence-corrected chi connectivity index (χ1v) is 6.04. The predicted octanol–water partition coefficient (Wildman–Crippen LogP) is 2.69. The summed E-state index contributed by atoms with van der Waals surface area (Å²) in [6.07, 6.45) is 0.141. The molecule has 17 heavy (non-hydrogen) atoms. The maximum absolute atomic E-state index is 5.44. The number of likely N-dealkylation sites (N-methyl/N-ethyl adjacent to an activating group) is 1. The Morgan fingerprint density at radius 2 is 2.00 bits per heavy atom. The summed E-state index contributed by atoms with van der Waals surface area (Å²) in [5, 5.41) is 3.46. The van der Waals surface area contributed by atoms with Crippen LogP contribution in [0.3, 0.4) is 0 Å². The molecule has 1 aromatic rings. The van der Waals surface area contributed by atoms with Crippen LogP contribution < -0.4 is 10.1 Å². The van der Waals surface area contributed by atoms with Gasteiger partial charge in [0, 0.05) is 7.11 Å². The minimum Gasteiger partial charge on any atom is -0.497 e. The zero-order valence-corrected chi connectivity index (χ0v) is 11.4. The lowest BCUT2D eigenvalue weighted by atomic mass is 9.97. The molecule has 1 rings (SSSR count). The van der Waals surface area contributed by atoms with Gasteiger partial charge < -0.3 is 14.8 Å². The van der Waals surface area contributed by atoms with E-state index in [0.717, 1.165) is 12.3 Å². The van der Waals surface area contributed by atoms with Crippen molar-refractivity contribution in [1.82, 2.24) is 5.32 Å². The van der Waals surface area contributed by atoms with E-state index in [0.29, 0.717) is 0 Å². The van der Waals surface area contributed by atoms with Gasteiger partial charge in [-0.1, -0.05) is 13.0 Å². The van der Waals surface area contributed by atoms with Gasteiger partial charge in [-0.15, -0.1) is 0 Å². The van der Waals surface area contributed by atoms with Gasteiger partial charge >= 0.3 is 0 Å². The molecule has 3 nitrogen and oxygen atoms in total. The second-order valence-corrected chi connectivity index (χ2v) is 4.20. The summed E-state index contributed by atoms with van der Waals surface area (Å²) in [5.74, 6) is 0.895. The molecule has 3 heteroatoms. The smallest absolute Gasteiger partial charge is 0.119 e. The van der Waals surface area contributed by atoms with Crippen LogP contribution in [-0.2, 0) is 4.74 Å². The van der Waals surface area contributed by atoms with Crippen molar-refractivity contribution in [3.63, 3.8) is 0 Å². The van der Waals surface area contributed by atoms with Gasteiger partial charge in [0.15, 0.2) is 0 Å². The number of rotatable bonds is 6. The molecule has 96 valence electrons. The van der Waals surface area contributed by atoms with E-state index in [9.17, 15) is 0 Å². The number of ether oxygens (including phenoxy) is 2. The van der Waals surface area contributed by atoms with E-state index < -0.39 is 0 Å². The SMILES string of the molecule is CCNC(c1ccc(OC)cc1C)C(C)OC. The Labute approximate surface area is 104 Å². The average molecular weight is 237 g/mol. The van der Waals surface area contributed by atoms with Crippen LogP contribution in [0.1, 0.15) is 31.0 Å². The zero-order valence-electron chi connectivity index (χ0n) is 11.4. The topological polar surface area (TPSA) is 30.5 Å². The van der Waals surface area contributed by atoms with E-state index >= 15 is 0 Å². The van der Waals surface area contributed by atoms with E-state index in [-0.39, 0.29) is 12.1 Å². The largest absolute Gasteiger partial charge is 0.497 e. The first kappa shape index (κ1) is 14.0. The standard InChI is InChI=1S/C14H23NO2/c1-6-15-14(11(3)16-4)13-8-7-12(17-5)9-10(13)2/h7-9,11,14-15H,6H2,1-5H3. The molecule has 0 fully saturated rings. The van der Waals surface area contributed by atoms with Crippen LogP contribution in [0.5, 0.6) is 5.75 Å². The van der Waals surface area contributed by atoms with Crippen molar-refractivity contribution in [2.24, 2.45) is 0 Å². The summed E-state index contributed by atoms with van der Waals surface area (Å²) < 4.78 is 10.7. The fourth-order valence-corrected chi connectivity index (χ4v) is 2.01. The summed E-state index contributed by atoms with van der Waals surface area (Å²) in [6.45, 7) is 7.21. The molecular weight excluding hydrogens is 214 g/mol. The summed E-state index contributed by atoms with van der Waals surface area (Å²) in [7, 11) is 3.43. The molecule has 0 saturated heterocycles. The molecule has 0 aliphatic rings. The summed E-state index contributed by atoms with van der Waals surface area (Å²) in [6, 6.07) is 6.38. The lowest BCUT2D eigenvalue weighted by Gasteiger charge is -2.25. The van der Waals surface area contributed by atoms with Gasteiger partial charge in [0.1, 0.15) is 5.75 Å². The first-order valence-electron chi connectivity index (χ1n) is 6.04. The van der Waals surface area contributed by atoms with E-state index in [2.05, 4.69) is 38.2 Å². The number of methoxy groups -OCH3 is 2. The Balaban J connectivity index is 3.01. The Hall–Kier alpha value is -1.06. The number of nitrogens with one attached hydrogen (secondary N) is 1. The average Bonchev–Trinajstić information content (AvgIpc) is 2.35. The van der Waals surface area contributed by atoms with Gasteiger partial charge in [-0.2, -0.15) is 0 Å². The normalized spacial score (nSPS) is 14.4. The molecule has 0 saturated carbocycles. The van der Waals surface area contributed by atoms with Crippen LogP contribution >= 0.6 is 0 Å². The van der Waals surface area contributed by atoms with E-state index in [1.165, 1.54) is 11.1 Å². The molecule has 0 aliphatic carbocycles. The maximum Gasteiger partial charge on any atom is 0.119 e. The van der Waals surface area contributed by atoms with Crippen molar-refractivity contribution >= 4 is 0 Å². The highest BCUT2D eigenvalue weighted by molar-refractivity contribution is 5.37. The summed E-state index contributed by atoms with van der Waals surface area (Å²) >= 11 is 0. The van der Waals surface area contributed by atoms with Crippen molar-refractivity contribution in [2.45, 2.75) is 32.9 Å². The van der Waals surface area contributed by atoms with Crippen LogP contribution in [-0.4, -0.2) is 26.9 Å². The molecule has 0 amide bonds. The highest BCUT2D eigenvalue weighted by Crippen LogP contribution is 2.25. The number of benzene rings is 1. The molecular formula is C14H23NO2.